The maximum atomic E-state index is 12.0. The number of hydrogen-bond acceptors (Lipinski definition) is 2. The number of halogens is 3. The molecule has 0 aromatic carbocycles. The van der Waals surface area contributed by atoms with Gasteiger partial charge >= 0.3 is 6.18 Å². The Labute approximate surface area is 83.3 Å². The lowest BCUT2D eigenvalue weighted by Gasteiger charge is -2.26. The summed E-state index contributed by atoms with van der Waals surface area (Å²) in [5.41, 5.74) is 5.29. The van der Waals surface area contributed by atoms with Crippen molar-refractivity contribution in [1.82, 2.24) is 4.90 Å². The van der Waals surface area contributed by atoms with Crippen molar-refractivity contribution in [3.05, 3.63) is 0 Å². The summed E-state index contributed by atoms with van der Waals surface area (Å²) in [6.07, 6.45) is -3.55. The molecule has 0 rings (SSSR count). The Morgan fingerprint density at radius 1 is 1.21 bits per heavy atom. The van der Waals surface area contributed by atoms with Crippen LogP contribution in [0.5, 0.6) is 0 Å². The minimum Gasteiger partial charge on any atom is -0.326 e. The van der Waals surface area contributed by atoms with Crippen molar-refractivity contribution in [3.8, 4) is 0 Å². The van der Waals surface area contributed by atoms with Gasteiger partial charge in [0.25, 0.3) is 0 Å². The van der Waals surface area contributed by atoms with Crippen LogP contribution < -0.4 is 5.73 Å². The van der Waals surface area contributed by atoms with Crippen LogP contribution >= 0.6 is 0 Å². The second-order valence-corrected chi connectivity index (χ2v) is 4.22. The Hall–Kier alpha value is -0.290. The Morgan fingerprint density at radius 3 is 2.00 bits per heavy atom. The third-order valence-electron chi connectivity index (χ3n) is 1.92. The highest BCUT2D eigenvalue weighted by Crippen LogP contribution is 2.17. The van der Waals surface area contributed by atoms with Crippen LogP contribution in [0.1, 0.15) is 27.2 Å². The molecule has 0 fully saturated rings. The molecule has 0 radical (unpaired) electrons. The summed E-state index contributed by atoms with van der Waals surface area (Å²) in [6, 6.07) is 0. The van der Waals surface area contributed by atoms with Crippen molar-refractivity contribution in [1.29, 1.82) is 0 Å². The van der Waals surface area contributed by atoms with Crippen molar-refractivity contribution in [2.75, 3.05) is 19.6 Å². The van der Waals surface area contributed by atoms with E-state index >= 15 is 0 Å². The first-order chi connectivity index (χ1) is 6.14. The van der Waals surface area contributed by atoms with E-state index in [-0.39, 0.29) is 0 Å². The van der Waals surface area contributed by atoms with Crippen LogP contribution in [0, 0.1) is 0 Å². The van der Waals surface area contributed by atoms with Crippen molar-refractivity contribution < 1.29 is 13.2 Å². The second kappa shape index (κ2) is 4.98. The predicted molar refractivity (Wildman–Crippen MR) is 51.1 cm³/mol. The summed E-state index contributed by atoms with van der Waals surface area (Å²) in [5.74, 6) is 0. The quantitative estimate of drug-likeness (QED) is 0.755. The topological polar surface area (TPSA) is 29.3 Å². The number of alkyl halides is 3. The Kier molecular flexibility index (Phi) is 4.88. The summed E-state index contributed by atoms with van der Waals surface area (Å²) >= 11 is 0. The molecule has 0 aromatic heterocycles. The highest BCUT2D eigenvalue weighted by molar-refractivity contribution is 4.74. The van der Waals surface area contributed by atoms with Crippen molar-refractivity contribution in [2.24, 2.45) is 5.73 Å². The number of hydrogen-bond donors (Lipinski definition) is 1. The van der Waals surface area contributed by atoms with Gasteiger partial charge in [-0.05, 0) is 26.8 Å². The molecule has 5 heteroatoms. The summed E-state index contributed by atoms with van der Waals surface area (Å²) in [4.78, 5) is 1.36. The molecule has 0 aliphatic rings. The zero-order valence-electron chi connectivity index (χ0n) is 8.99. The molecule has 0 saturated carbocycles. The van der Waals surface area contributed by atoms with Gasteiger partial charge in [0.2, 0.25) is 0 Å². The molecule has 0 aliphatic heterocycles. The zero-order valence-corrected chi connectivity index (χ0v) is 8.99. The molecule has 0 amide bonds. The molecule has 0 spiro atoms. The first-order valence-corrected chi connectivity index (χ1v) is 4.72. The lowest BCUT2D eigenvalue weighted by molar-refractivity contribution is -0.145. The Balaban J connectivity index is 3.93. The standard InChI is InChI=1S/C9H19F3N2/c1-4-14(7-9(10,11)12)6-5-8(2,3)13/h4-7,13H2,1-3H3. The molecule has 0 heterocycles. The fraction of sp³-hybridized carbons (Fsp3) is 1.00. The minimum atomic E-state index is -4.12. The average Bonchev–Trinajstić information content (AvgIpc) is 1.94. The average molecular weight is 212 g/mol. The summed E-state index contributed by atoms with van der Waals surface area (Å²) in [5, 5.41) is 0. The molecule has 14 heavy (non-hydrogen) atoms. The van der Waals surface area contributed by atoms with E-state index in [4.69, 9.17) is 5.73 Å². The Morgan fingerprint density at radius 2 is 1.71 bits per heavy atom. The third-order valence-corrected chi connectivity index (χ3v) is 1.92. The van der Waals surface area contributed by atoms with E-state index in [0.717, 1.165) is 0 Å². The van der Waals surface area contributed by atoms with Gasteiger partial charge in [0, 0.05) is 12.1 Å². The molecular weight excluding hydrogens is 193 g/mol. The monoisotopic (exact) mass is 212 g/mol. The molecule has 2 nitrogen and oxygen atoms in total. The van der Waals surface area contributed by atoms with Gasteiger partial charge in [-0.25, -0.2) is 0 Å². The van der Waals surface area contributed by atoms with Gasteiger partial charge in [-0.1, -0.05) is 6.92 Å². The van der Waals surface area contributed by atoms with Gasteiger partial charge < -0.3 is 5.73 Å². The largest absolute Gasteiger partial charge is 0.401 e. The fourth-order valence-corrected chi connectivity index (χ4v) is 1.05. The third kappa shape index (κ3) is 8.31. The van der Waals surface area contributed by atoms with E-state index < -0.39 is 18.3 Å². The first kappa shape index (κ1) is 13.7. The Bertz CT molecular complexity index is 160. The lowest BCUT2D eigenvalue weighted by Crippen LogP contribution is -2.40. The molecule has 0 saturated heterocycles. The molecule has 0 atom stereocenters. The molecule has 0 unspecified atom stereocenters. The smallest absolute Gasteiger partial charge is 0.326 e. The van der Waals surface area contributed by atoms with Crippen LogP contribution in [-0.4, -0.2) is 36.2 Å². The van der Waals surface area contributed by atoms with Crippen molar-refractivity contribution in [2.45, 2.75) is 38.9 Å². The molecule has 0 aromatic rings. The van der Waals surface area contributed by atoms with E-state index in [1.165, 1.54) is 4.90 Å². The van der Waals surface area contributed by atoms with Gasteiger partial charge in [0.15, 0.2) is 0 Å². The van der Waals surface area contributed by atoms with Crippen LogP contribution in [0.3, 0.4) is 0 Å². The number of nitrogens with zero attached hydrogens (tertiary/aromatic N) is 1. The molecular formula is C9H19F3N2. The predicted octanol–water partition coefficient (Wildman–Crippen LogP) is 2.00. The molecule has 0 aliphatic carbocycles. The second-order valence-electron chi connectivity index (χ2n) is 4.22. The molecule has 0 bridgehead atoms. The summed E-state index contributed by atoms with van der Waals surface area (Å²) in [7, 11) is 0. The number of rotatable bonds is 5. The van der Waals surface area contributed by atoms with Crippen LogP contribution in [0.15, 0.2) is 0 Å². The highest BCUT2D eigenvalue weighted by atomic mass is 19.4. The van der Waals surface area contributed by atoms with E-state index in [1.54, 1.807) is 6.92 Å². The summed E-state index contributed by atoms with van der Waals surface area (Å²) < 4.78 is 36.1. The van der Waals surface area contributed by atoms with Gasteiger partial charge in [0.05, 0.1) is 6.54 Å². The van der Waals surface area contributed by atoms with Crippen LogP contribution in [0.2, 0.25) is 0 Å². The summed E-state index contributed by atoms with van der Waals surface area (Å²) in [6.45, 7) is 5.28. The van der Waals surface area contributed by atoms with Gasteiger partial charge in [-0.15, -0.1) is 0 Å². The van der Waals surface area contributed by atoms with Gasteiger partial charge in [0.1, 0.15) is 0 Å². The number of nitrogens with two attached hydrogens (primary N) is 1. The normalized spacial score (nSPS) is 13.7. The van der Waals surface area contributed by atoms with E-state index in [1.807, 2.05) is 13.8 Å². The van der Waals surface area contributed by atoms with Gasteiger partial charge in [-0.3, -0.25) is 4.90 Å². The maximum Gasteiger partial charge on any atom is 0.401 e. The fourth-order valence-electron chi connectivity index (χ4n) is 1.05. The van der Waals surface area contributed by atoms with Crippen LogP contribution in [0.25, 0.3) is 0 Å². The van der Waals surface area contributed by atoms with E-state index in [9.17, 15) is 13.2 Å². The minimum absolute atomic E-state index is 0.388. The van der Waals surface area contributed by atoms with Crippen molar-refractivity contribution >= 4 is 0 Å². The van der Waals surface area contributed by atoms with Crippen LogP contribution in [0.4, 0.5) is 13.2 Å². The zero-order chi connectivity index (χ0) is 11.4. The maximum absolute atomic E-state index is 12.0. The molecule has 86 valence electrons. The molecule has 2 N–H and O–H groups in total. The van der Waals surface area contributed by atoms with E-state index in [0.29, 0.717) is 19.5 Å². The van der Waals surface area contributed by atoms with Crippen molar-refractivity contribution in [3.63, 3.8) is 0 Å². The lowest BCUT2D eigenvalue weighted by atomic mass is 10.0. The van der Waals surface area contributed by atoms with Gasteiger partial charge in [-0.2, -0.15) is 13.2 Å². The van der Waals surface area contributed by atoms with E-state index in [2.05, 4.69) is 0 Å². The SMILES string of the molecule is CCN(CCC(C)(C)N)CC(F)(F)F. The first-order valence-electron chi connectivity index (χ1n) is 4.72. The van der Waals surface area contributed by atoms with Crippen LogP contribution in [-0.2, 0) is 0 Å². The highest BCUT2D eigenvalue weighted by Gasteiger charge is 2.30.